The third-order valence-electron chi connectivity index (χ3n) is 4.23. The van der Waals surface area contributed by atoms with Crippen molar-refractivity contribution < 1.29 is 14.4 Å². The van der Waals surface area contributed by atoms with Crippen molar-refractivity contribution >= 4 is 28.7 Å². The molecule has 7 heteroatoms. The summed E-state index contributed by atoms with van der Waals surface area (Å²) < 4.78 is 5.81. The van der Waals surface area contributed by atoms with E-state index in [2.05, 4.69) is 9.98 Å². The molecule has 0 bridgehead atoms. The van der Waals surface area contributed by atoms with Gasteiger partial charge < -0.3 is 9.52 Å². The summed E-state index contributed by atoms with van der Waals surface area (Å²) in [7, 11) is 0. The second-order valence-electron chi connectivity index (χ2n) is 6.30. The molecule has 0 radical (unpaired) electrons. The molecule has 0 aliphatic carbocycles. The second-order valence-corrected chi connectivity index (χ2v) is 6.30. The predicted octanol–water partition coefficient (Wildman–Crippen LogP) is 5.17. The number of hydrogen-bond donors (Lipinski definition) is 1. The number of nitrogens with zero attached hydrogens (tertiary/aromatic N) is 3. The zero-order chi connectivity index (χ0) is 19.7. The number of rotatable bonds is 4. The molecule has 0 saturated heterocycles. The number of non-ortho nitro benzene ring substituents is 1. The van der Waals surface area contributed by atoms with E-state index in [-0.39, 0.29) is 17.0 Å². The molecule has 1 aromatic heterocycles. The Morgan fingerprint density at radius 1 is 1.11 bits per heavy atom. The zero-order valence-corrected chi connectivity index (χ0v) is 14.9. The average molecular weight is 373 g/mol. The SMILES string of the molecule is Cc1ccc2nc(-c3ccc(N=Cc4cc([N+](=O)[O-])ccc4O)cc3)oc2c1. The topological polar surface area (TPSA) is 102 Å². The highest BCUT2D eigenvalue weighted by Gasteiger charge is 2.10. The number of oxazole rings is 1. The van der Waals surface area contributed by atoms with Crippen LogP contribution in [0.25, 0.3) is 22.6 Å². The molecule has 0 atom stereocenters. The van der Waals surface area contributed by atoms with Crippen LogP contribution in [-0.2, 0) is 0 Å². The molecule has 28 heavy (non-hydrogen) atoms. The van der Waals surface area contributed by atoms with Gasteiger partial charge in [-0.25, -0.2) is 4.98 Å². The van der Waals surface area contributed by atoms with Crippen molar-refractivity contribution in [1.29, 1.82) is 0 Å². The Hall–Kier alpha value is -4.00. The molecule has 0 fully saturated rings. The monoisotopic (exact) mass is 373 g/mol. The zero-order valence-electron chi connectivity index (χ0n) is 14.9. The van der Waals surface area contributed by atoms with Crippen molar-refractivity contribution in [3.8, 4) is 17.2 Å². The van der Waals surface area contributed by atoms with Gasteiger partial charge in [-0.15, -0.1) is 0 Å². The first-order valence-corrected chi connectivity index (χ1v) is 8.49. The normalized spacial score (nSPS) is 11.3. The van der Waals surface area contributed by atoms with E-state index < -0.39 is 4.92 Å². The van der Waals surface area contributed by atoms with E-state index in [0.717, 1.165) is 22.2 Å². The van der Waals surface area contributed by atoms with Crippen LogP contribution in [-0.4, -0.2) is 21.2 Å². The fourth-order valence-corrected chi connectivity index (χ4v) is 2.75. The van der Waals surface area contributed by atoms with Crippen molar-refractivity contribution in [1.82, 2.24) is 4.98 Å². The molecule has 0 aliphatic rings. The van der Waals surface area contributed by atoms with E-state index in [9.17, 15) is 15.2 Å². The third kappa shape index (κ3) is 3.45. The Morgan fingerprint density at radius 3 is 2.64 bits per heavy atom. The Morgan fingerprint density at radius 2 is 1.89 bits per heavy atom. The van der Waals surface area contributed by atoms with Crippen LogP contribution in [0.5, 0.6) is 5.75 Å². The van der Waals surface area contributed by atoms with Gasteiger partial charge in [0, 0.05) is 29.5 Å². The third-order valence-corrected chi connectivity index (χ3v) is 4.23. The van der Waals surface area contributed by atoms with Crippen LogP contribution in [0, 0.1) is 17.0 Å². The van der Waals surface area contributed by atoms with Crippen LogP contribution in [0.15, 0.2) is 70.1 Å². The summed E-state index contributed by atoms with van der Waals surface area (Å²) in [4.78, 5) is 19.1. The van der Waals surface area contributed by atoms with Gasteiger partial charge in [-0.2, -0.15) is 0 Å². The highest BCUT2D eigenvalue weighted by Crippen LogP contribution is 2.27. The molecule has 0 spiro atoms. The lowest BCUT2D eigenvalue weighted by atomic mass is 10.2. The molecule has 0 unspecified atom stereocenters. The van der Waals surface area contributed by atoms with Crippen molar-refractivity contribution in [2.24, 2.45) is 4.99 Å². The van der Waals surface area contributed by atoms with Gasteiger partial charge in [0.15, 0.2) is 5.58 Å². The lowest BCUT2D eigenvalue weighted by Gasteiger charge is -2.00. The lowest BCUT2D eigenvalue weighted by Crippen LogP contribution is -1.90. The van der Waals surface area contributed by atoms with Gasteiger partial charge in [-0.05, 0) is 55.0 Å². The molecule has 1 heterocycles. The summed E-state index contributed by atoms with van der Waals surface area (Å²) in [6.45, 7) is 1.99. The van der Waals surface area contributed by atoms with Crippen LogP contribution in [0.3, 0.4) is 0 Å². The molecule has 4 aromatic rings. The van der Waals surface area contributed by atoms with E-state index in [1.807, 2.05) is 37.3 Å². The minimum atomic E-state index is -0.520. The first kappa shape index (κ1) is 17.4. The Balaban J connectivity index is 1.58. The van der Waals surface area contributed by atoms with Crippen LogP contribution in [0.1, 0.15) is 11.1 Å². The Bertz CT molecular complexity index is 1210. The number of aromatic nitrogens is 1. The van der Waals surface area contributed by atoms with E-state index >= 15 is 0 Å². The van der Waals surface area contributed by atoms with Gasteiger partial charge in [0.2, 0.25) is 5.89 Å². The summed E-state index contributed by atoms with van der Waals surface area (Å²) in [6, 6.07) is 16.8. The quantitative estimate of drug-likeness (QED) is 0.302. The van der Waals surface area contributed by atoms with E-state index in [0.29, 0.717) is 11.6 Å². The van der Waals surface area contributed by atoms with Gasteiger partial charge >= 0.3 is 0 Å². The maximum Gasteiger partial charge on any atom is 0.270 e. The molecule has 3 aromatic carbocycles. The molecule has 4 rings (SSSR count). The van der Waals surface area contributed by atoms with Crippen LogP contribution in [0.2, 0.25) is 0 Å². The summed E-state index contributed by atoms with van der Waals surface area (Å²) in [5.41, 5.74) is 4.23. The van der Waals surface area contributed by atoms with E-state index in [1.54, 1.807) is 12.1 Å². The lowest BCUT2D eigenvalue weighted by molar-refractivity contribution is -0.384. The predicted molar refractivity (Wildman–Crippen MR) is 106 cm³/mol. The molecule has 1 N–H and O–H groups in total. The van der Waals surface area contributed by atoms with Crippen molar-refractivity contribution in [2.75, 3.05) is 0 Å². The van der Waals surface area contributed by atoms with Crippen molar-refractivity contribution in [2.45, 2.75) is 6.92 Å². The van der Waals surface area contributed by atoms with Gasteiger partial charge in [0.05, 0.1) is 10.6 Å². The van der Waals surface area contributed by atoms with Gasteiger partial charge in [-0.1, -0.05) is 6.07 Å². The highest BCUT2D eigenvalue weighted by molar-refractivity contribution is 5.86. The maximum atomic E-state index is 10.9. The fraction of sp³-hybridized carbons (Fsp3) is 0.0476. The Labute approximate surface area is 159 Å². The van der Waals surface area contributed by atoms with Crippen LogP contribution in [0.4, 0.5) is 11.4 Å². The second kappa shape index (κ2) is 6.96. The number of phenols is 1. The number of aryl methyl sites for hydroxylation is 1. The van der Waals surface area contributed by atoms with Crippen molar-refractivity contribution in [3.63, 3.8) is 0 Å². The minimum Gasteiger partial charge on any atom is -0.507 e. The number of hydrogen-bond acceptors (Lipinski definition) is 6. The first-order valence-electron chi connectivity index (χ1n) is 8.49. The van der Waals surface area contributed by atoms with E-state index in [1.165, 1.54) is 24.4 Å². The summed E-state index contributed by atoms with van der Waals surface area (Å²) >= 11 is 0. The maximum absolute atomic E-state index is 10.9. The number of phenolic OH excluding ortho intramolecular Hbond substituents is 1. The van der Waals surface area contributed by atoms with E-state index in [4.69, 9.17) is 4.42 Å². The molecule has 138 valence electrons. The van der Waals surface area contributed by atoms with Crippen LogP contribution >= 0.6 is 0 Å². The number of fused-ring (bicyclic) bond motifs is 1. The molecular weight excluding hydrogens is 358 g/mol. The highest BCUT2D eigenvalue weighted by atomic mass is 16.6. The smallest absolute Gasteiger partial charge is 0.270 e. The Kier molecular flexibility index (Phi) is 4.33. The first-order chi connectivity index (χ1) is 13.5. The largest absolute Gasteiger partial charge is 0.507 e. The number of benzene rings is 3. The van der Waals surface area contributed by atoms with Gasteiger partial charge in [-0.3, -0.25) is 15.1 Å². The summed E-state index contributed by atoms with van der Waals surface area (Å²) in [5, 5.41) is 20.7. The fourth-order valence-electron chi connectivity index (χ4n) is 2.75. The molecule has 7 nitrogen and oxygen atoms in total. The molecule has 0 amide bonds. The van der Waals surface area contributed by atoms with Crippen LogP contribution < -0.4 is 0 Å². The summed E-state index contributed by atoms with van der Waals surface area (Å²) in [5.74, 6) is 0.445. The number of aromatic hydroxyl groups is 1. The number of nitro benzene ring substituents is 1. The average Bonchev–Trinajstić information content (AvgIpc) is 3.10. The minimum absolute atomic E-state index is 0.0762. The molecule has 0 aliphatic heterocycles. The molecular formula is C21H15N3O4. The van der Waals surface area contributed by atoms with Gasteiger partial charge in [0.1, 0.15) is 11.3 Å². The van der Waals surface area contributed by atoms with Crippen molar-refractivity contribution in [3.05, 3.63) is 81.9 Å². The number of nitro groups is 1. The standard InChI is InChI=1S/C21H15N3O4/c1-13-2-8-18-20(10-13)28-21(23-18)14-3-5-16(6-4-14)22-12-15-11-17(24(26)27)7-9-19(15)25/h2-12,25H,1H3. The summed E-state index contributed by atoms with van der Waals surface area (Å²) in [6.07, 6.45) is 1.39. The number of aliphatic imine (C=N–C) groups is 1. The van der Waals surface area contributed by atoms with Gasteiger partial charge in [0.25, 0.3) is 5.69 Å². The molecule has 0 saturated carbocycles.